The molecule has 0 saturated carbocycles. The van der Waals surface area contributed by atoms with Gasteiger partial charge in [-0.3, -0.25) is 19.9 Å². The Bertz CT molecular complexity index is 644. The fraction of sp³-hybridized carbons (Fsp3) is 0.0714. The first-order chi connectivity index (χ1) is 9.56. The van der Waals surface area contributed by atoms with Crippen molar-refractivity contribution in [2.45, 2.75) is 4.90 Å². The summed E-state index contributed by atoms with van der Waals surface area (Å²) in [6, 6.07) is 13.6. The molecule has 0 aliphatic carbocycles. The molecule has 4 nitrogen and oxygen atoms in total. The van der Waals surface area contributed by atoms with Crippen LogP contribution in [-0.2, 0) is 10.8 Å². The normalized spacial score (nSPS) is 11.7. The van der Waals surface area contributed by atoms with Crippen molar-refractivity contribution in [1.82, 2.24) is 5.43 Å². The van der Waals surface area contributed by atoms with E-state index < -0.39 is 10.8 Å². The number of nitrogens with one attached hydrogen (secondary N) is 2. The van der Waals surface area contributed by atoms with E-state index in [4.69, 9.17) is 11.6 Å². The smallest absolute Gasteiger partial charge is 0.269 e. The topological polar surface area (TPSA) is 58.2 Å². The molecule has 0 bridgehead atoms. The third-order valence-corrected chi connectivity index (χ3v) is 3.76. The summed E-state index contributed by atoms with van der Waals surface area (Å²) < 4.78 is 11.3. The van der Waals surface area contributed by atoms with E-state index in [1.807, 2.05) is 0 Å². The lowest BCUT2D eigenvalue weighted by molar-refractivity contribution is 0.0962. The van der Waals surface area contributed by atoms with Crippen molar-refractivity contribution in [2.24, 2.45) is 0 Å². The second-order valence-electron chi connectivity index (χ2n) is 4.07. The number of benzene rings is 2. The first-order valence-electron chi connectivity index (χ1n) is 5.81. The highest BCUT2D eigenvalue weighted by atomic mass is 35.5. The average molecular weight is 309 g/mol. The van der Waals surface area contributed by atoms with Gasteiger partial charge in [0.1, 0.15) is 0 Å². The second-order valence-corrected chi connectivity index (χ2v) is 5.88. The summed E-state index contributed by atoms with van der Waals surface area (Å²) in [5.41, 5.74) is 6.52. The van der Waals surface area contributed by atoms with E-state index in [0.29, 0.717) is 21.2 Å². The molecule has 2 rings (SSSR count). The van der Waals surface area contributed by atoms with E-state index in [1.165, 1.54) is 0 Å². The molecule has 0 aliphatic rings. The molecule has 1 unspecified atom stereocenters. The molecule has 2 N–H and O–H groups in total. The van der Waals surface area contributed by atoms with Gasteiger partial charge in [0.25, 0.3) is 5.91 Å². The van der Waals surface area contributed by atoms with Crippen LogP contribution in [0.3, 0.4) is 0 Å². The Balaban J connectivity index is 1.99. The van der Waals surface area contributed by atoms with Gasteiger partial charge in [0, 0.05) is 32.5 Å². The van der Waals surface area contributed by atoms with Crippen LogP contribution in [0, 0.1) is 0 Å². The number of anilines is 1. The molecule has 104 valence electrons. The van der Waals surface area contributed by atoms with E-state index in [1.54, 1.807) is 54.8 Å². The van der Waals surface area contributed by atoms with Crippen molar-refractivity contribution in [1.29, 1.82) is 0 Å². The fourth-order valence-electron chi connectivity index (χ4n) is 1.57. The average Bonchev–Trinajstić information content (AvgIpc) is 2.45. The van der Waals surface area contributed by atoms with Crippen molar-refractivity contribution in [3.63, 3.8) is 0 Å². The van der Waals surface area contributed by atoms with Crippen LogP contribution in [0.2, 0.25) is 5.02 Å². The van der Waals surface area contributed by atoms with Crippen molar-refractivity contribution in [2.75, 3.05) is 11.7 Å². The number of hydrogen-bond donors (Lipinski definition) is 2. The minimum absolute atomic E-state index is 0.279. The lowest BCUT2D eigenvalue weighted by Gasteiger charge is -2.09. The van der Waals surface area contributed by atoms with Gasteiger partial charge >= 0.3 is 0 Å². The van der Waals surface area contributed by atoms with E-state index in [2.05, 4.69) is 10.9 Å². The van der Waals surface area contributed by atoms with Crippen LogP contribution >= 0.6 is 11.6 Å². The fourth-order valence-corrected chi connectivity index (χ4v) is 2.27. The summed E-state index contributed by atoms with van der Waals surface area (Å²) >= 11 is 5.84. The van der Waals surface area contributed by atoms with Crippen molar-refractivity contribution in [3.05, 3.63) is 59.1 Å². The van der Waals surface area contributed by atoms with E-state index in [-0.39, 0.29) is 5.91 Å². The lowest BCUT2D eigenvalue weighted by Crippen LogP contribution is -2.29. The summed E-state index contributed by atoms with van der Waals surface area (Å²) in [4.78, 5) is 12.6. The largest absolute Gasteiger partial charge is 0.298 e. The first-order valence-corrected chi connectivity index (χ1v) is 7.75. The summed E-state index contributed by atoms with van der Waals surface area (Å²) in [6.45, 7) is 0. The Hall–Kier alpha value is -1.85. The van der Waals surface area contributed by atoms with Gasteiger partial charge < -0.3 is 0 Å². The van der Waals surface area contributed by atoms with Gasteiger partial charge in [-0.25, -0.2) is 0 Å². The summed E-state index contributed by atoms with van der Waals surface area (Å²) in [6.07, 6.45) is 1.59. The quantitative estimate of drug-likeness (QED) is 0.854. The number of hydrazine groups is 1. The standard InChI is InChI=1S/C14H13ClN2O2S/c1-20(19)13-7-5-10(6-8-13)14(18)17-16-12-4-2-3-11(15)9-12/h2-9,16H,1H3,(H,17,18). The number of amides is 1. The highest BCUT2D eigenvalue weighted by Gasteiger charge is 2.06. The highest BCUT2D eigenvalue weighted by molar-refractivity contribution is 7.84. The van der Waals surface area contributed by atoms with Crippen molar-refractivity contribution in [3.8, 4) is 0 Å². The molecule has 0 spiro atoms. The molecular weight excluding hydrogens is 296 g/mol. The molecule has 2 aromatic rings. The first kappa shape index (κ1) is 14.6. The molecule has 0 heterocycles. The molecule has 0 radical (unpaired) electrons. The van der Waals surface area contributed by atoms with Crippen LogP contribution in [0.25, 0.3) is 0 Å². The third kappa shape index (κ3) is 3.82. The van der Waals surface area contributed by atoms with Gasteiger partial charge in [-0.05, 0) is 42.5 Å². The molecule has 0 saturated heterocycles. The molecule has 6 heteroatoms. The Morgan fingerprint density at radius 2 is 1.85 bits per heavy atom. The predicted molar refractivity (Wildman–Crippen MR) is 81.3 cm³/mol. The highest BCUT2D eigenvalue weighted by Crippen LogP contribution is 2.14. The Morgan fingerprint density at radius 3 is 2.45 bits per heavy atom. The molecule has 0 aliphatic heterocycles. The zero-order valence-electron chi connectivity index (χ0n) is 10.7. The molecule has 0 fully saturated rings. The van der Waals surface area contributed by atoms with Crippen LogP contribution < -0.4 is 10.9 Å². The minimum Gasteiger partial charge on any atom is -0.298 e. The van der Waals surface area contributed by atoms with Crippen LogP contribution in [-0.4, -0.2) is 16.4 Å². The van der Waals surface area contributed by atoms with Gasteiger partial charge in [0.15, 0.2) is 0 Å². The predicted octanol–water partition coefficient (Wildman–Crippen LogP) is 2.83. The Kier molecular flexibility index (Phi) is 4.76. The zero-order chi connectivity index (χ0) is 14.5. The minimum atomic E-state index is -1.05. The van der Waals surface area contributed by atoms with E-state index in [9.17, 15) is 9.00 Å². The van der Waals surface area contributed by atoms with E-state index in [0.717, 1.165) is 0 Å². The Morgan fingerprint density at radius 1 is 1.15 bits per heavy atom. The number of carbonyl (C=O) groups excluding carboxylic acids is 1. The summed E-state index contributed by atoms with van der Waals surface area (Å²) in [5.74, 6) is -0.279. The van der Waals surface area contributed by atoms with Gasteiger partial charge in [-0.1, -0.05) is 17.7 Å². The number of halogens is 1. The molecule has 2 aromatic carbocycles. The number of carbonyl (C=O) groups is 1. The molecule has 0 aromatic heterocycles. The molecule has 20 heavy (non-hydrogen) atoms. The van der Waals surface area contributed by atoms with Crippen LogP contribution in [0.4, 0.5) is 5.69 Å². The number of hydrogen-bond acceptors (Lipinski definition) is 3. The SMILES string of the molecule is CS(=O)c1ccc(C(=O)NNc2cccc(Cl)c2)cc1. The van der Waals surface area contributed by atoms with Gasteiger partial charge in [-0.15, -0.1) is 0 Å². The second kappa shape index (κ2) is 6.54. The van der Waals surface area contributed by atoms with Crippen LogP contribution in [0.15, 0.2) is 53.4 Å². The van der Waals surface area contributed by atoms with Gasteiger partial charge in [0.05, 0.1) is 5.69 Å². The molecule has 1 amide bonds. The van der Waals surface area contributed by atoms with E-state index >= 15 is 0 Å². The zero-order valence-corrected chi connectivity index (χ0v) is 12.3. The van der Waals surface area contributed by atoms with Gasteiger partial charge in [-0.2, -0.15) is 0 Å². The van der Waals surface area contributed by atoms with Crippen molar-refractivity contribution < 1.29 is 9.00 Å². The third-order valence-electron chi connectivity index (χ3n) is 2.59. The van der Waals surface area contributed by atoms with Crippen LogP contribution in [0.5, 0.6) is 0 Å². The maximum Gasteiger partial charge on any atom is 0.269 e. The molecular formula is C14H13ClN2O2S. The lowest BCUT2D eigenvalue weighted by atomic mass is 10.2. The maximum absolute atomic E-state index is 11.9. The maximum atomic E-state index is 11.9. The molecule has 1 atom stereocenters. The van der Waals surface area contributed by atoms with Crippen molar-refractivity contribution >= 4 is 34.0 Å². The summed E-state index contributed by atoms with van der Waals surface area (Å²) in [5, 5.41) is 0.582. The van der Waals surface area contributed by atoms with Crippen LogP contribution in [0.1, 0.15) is 10.4 Å². The van der Waals surface area contributed by atoms with Gasteiger partial charge in [0.2, 0.25) is 0 Å². The Labute approximate surface area is 124 Å². The monoisotopic (exact) mass is 308 g/mol. The number of rotatable bonds is 4. The summed E-state index contributed by atoms with van der Waals surface area (Å²) in [7, 11) is -1.05.